The molecule has 0 amide bonds. The highest BCUT2D eigenvalue weighted by Crippen LogP contribution is 2.21. The van der Waals surface area contributed by atoms with E-state index in [1.807, 2.05) is 0 Å². The number of aliphatic carboxylic acids is 1. The summed E-state index contributed by atoms with van der Waals surface area (Å²) in [6, 6.07) is 2.98. The van der Waals surface area contributed by atoms with Crippen LogP contribution in [0.15, 0.2) is 16.5 Å². The van der Waals surface area contributed by atoms with Gasteiger partial charge >= 0.3 is 11.9 Å². The van der Waals surface area contributed by atoms with Crippen molar-refractivity contribution in [1.29, 1.82) is 0 Å². The Balaban J connectivity index is 2.42. The second-order valence-electron chi connectivity index (χ2n) is 3.29. The van der Waals surface area contributed by atoms with Crippen LogP contribution < -0.4 is 0 Å². The molecule has 0 saturated carbocycles. The van der Waals surface area contributed by atoms with Gasteiger partial charge in [-0.15, -0.1) is 0 Å². The second-order valence-corrected chi connectivity index (χ2v) is 4.72. The van der Waals surface area contributed by atoms with E-state index in [1.54, 1.807) is 13.0 Å². The fourth-order valence-electron chi connectivity index (χ4n) is 1.10. The van der Waals surface area contributed by atoms with Gasteiger partial charge in [0.25, 0.3) is 0 Å². The summed E-state index contributed by atoms with van der Waals surface area (Å²) in [4.78, 5) is 20.9. The highest BCUT2D eigenvalue weighted by Gasteiger charge is 2.12. The van der Waals surface area contributed by atoms with Crippen LogP contribution in [0.4, 0.5) is 0 Å². The van der Waals surface area contributed by atoms with Crippen molar-refractivity contribution in [2.24, 2.45) is 0 Å². The first-order valence-corrected chi connectivity index (χ1v) is 5.69. The Morgan fingerprint density at radius 1 is 1.44 bits per heavy atom. The third kappa shape index (κ3) is 3.98. The van der Waals surface area contributed by atoms with E-state index in [0.717, 1.165) is 0 Å². The Bertz CT molecular complexity index is 384. The van der Waals surface area contributed by atoms with Crippen LogP contribution in [-0.2, 0) is 10.5 Å². The number of thioether (sulfide) groups is 1. The third-order valence-electron chi connectivity index (χ3n) is 1.84. The second kappa shape index (κ2) is 5.60. The Morgan fingerprint density at radius 2 is 2.12 bits per heavy atom. The molecule has 0 aliphatic carbocycles. The zero-order chi connectivity index (χ0) is 12.1. The van der Waals surface area contributed by atoms with Gasteiger partial charge in [0.05, 0.1) is 12.2 Å². The molecule has 1 aromatic rings. The number of carbonyl (C=O) groups is 2. The summed E-state index contributed by atoms with van der Waals surface area (Å²) in [5.41, 5.74) is 0. The molecule has 2 N–H and O–H groups in total. The molecular formula is C10H12O5S. The van der Waals surface area contributed by atoms with Crippen LogP contribution in [-0.4, -0.2) is 27.4 Å². The van der Waals surface area contributed by atoms with Gasteiger partial charge < -0.3 is 14.6 Å². The quantitative estimate of drug-likeness (QED) is 0.796. The molecular weight excluding hydrogens is 232 g/mol. The third-order valence-corrected chi connectivity index (χ3v) is 3.03. The number of hydrogen-bond acceptors (Lipinski definition) is 4. The maximum atomic E-state index is 10.5. The van der Waals surface area contributed by atoms with Gasteiger partial charge in [0.2, 0.25) is 5.76 Å². The molecule has 88 valence electrons. The Hall–Kier alpha value is -1.43. The molecule has 1 rings (SSSR count). The van der Waals surface area contributed by atoms with Crippen LogP contribution in [0.3, 0.4) is 0 Å². The zero-order valence-electron chi connectivity index (χ0n) is 8.67. The lowest BCUT2D eigenvalue weighted by Gasteiger charge is -2.06. The molecule has 0 saturated heterocycles. The molecule has 1 aromatic heterocycles. The number of carboxylic acids is 2. The maximum absolute atomic E-state index is 10.5. The van der Waals surface area contributed by atoms with E-state index in [-0.39, 0.29) is 17.4 Å². The first kappa shape index (κ1) is 12.6. The fourth-order valence-corrected chi connectivity index (χ4v) is 1.96. The fraction of sp³-hybridized carbons (Fsp3) is 0.400. The highest BCUT2D eigenvalue weighted by atomic mass is 32.2. The van der Waals surface area contributed by atoms with Gasteiger partial charge in [-0.1, -0.05) is 6.92 Å². The molecule has 0 aliphatic heterocycles. The first-order valence-electron chi connectivity index (χ1n) is 4.64. The smallest absolute Gasteiger partial charge is 0.371 e. The predicted molar refractivity (Wildman–Crippen MR) is 58.7 cm³/mol. The van der Waals surface area contributed by atoms with Gasteiger partial charge in [-0.2, -0.15) is 11.8 Å². The minimum atomic E-state index is -1.10. The minimum absolute atomic E-state index is 0.0316. The standard InChI is InChI=1S/C10H12O5S/c1-6(4-9(11)12)16-5-7-2-3-8(15-7)10(13)14/h2-3,6H,4-5H2,1H3,(H,11,12)(H,13,14). The Kier molecular flexibility index (Phi) is 4.42. The molecule has 0 aliphatic rings. The lowest BCUT2D eigenvalue weighted by atomic mass is 10.3. The lowest BCUT2D eigenvalue weighted by molar-refractivity contribution is -0.136. The van der Waals surface area contributed by atoms with Crippen LogP contribution in [0.5, 0.6) is 0 Å². The van der Waals surface area contributed by atoms with E-state index < -0.39 is 11.9 Å². The summed E-state index contributed by atoms with van der Waals surface area (Å²) >= 11 is 1.42. The Labute approximate surface area is 96.5 Å². The SMILES string of the molecule is CC(CC(=O)O)SCc1ccc(C(=O)O)o1. The summed E-state index contributed by atoms with van der Waals surface area (Å²) in [6.45, 7) is 1.81. The van der Waals surface area contributed by atoms with E-state index in [2.05, 4.69) is 0 Å². The van der Waals surface area contributed by atoms with E-state index in [4.69, 9.17) is 14.6 Å². The van der Waals surface area contributed by atoms with Gasteiger partial charge in [-0.25, -0.2) is 4.79 Å². The van der Waals surface area contributed by atoms with Gasteiger partial charge in [-0.3, -0.25) is 4.79 Å². The molecule has 0 fully saturated rings. The number of aromatic carboxylic acids is 1. The van der Waals surface area contributed by atoms with Crippen molar-refractivity contribution in [3.8, 4) is 0 Å². The monoisotopic (exact) mass is 244 g/mol. The normalized spacial score (nSPS) is 12.3. The van der Waals surface area contributed by atoms with Gasteiger partial charge in [0, 0.05) is 5.25 Å². The minimum Gasteiger partial charge on any atom is -0.481 e. The van der Waals surface area contributed by atoms with Crippen molar-refractivity contribution in [3.05, 3.63) is 23.7 Å². The Morgan fingerprint density at radius 3 is 2.62 bits per heavy atom. The highest BCUT2D eigenvalue weighted by molar-refractivity contribution is 7.99. The van der Waals surface area contributed by atoms with Gasteiger partial charge in [0.15, 0.2) is 0 Å². The molecule has 5 nitrogen and oxygen atoms in total. The number of furan rings is 1. The van der Waals surface area contributed by atoms with Crippen molar-refractivity contribution in [3.63, 3.8) is 0 Å². The molecule has 0 bridgehead atoms. The molecule has 6 heteroatoms. The molecule has 0 spiro atoms. The van der Waals surface area contributed by atoms with Gasteiger partial charge in [0.1, 0.15) is 5.76 Å². The van der Waals surface area contributed by atoms with Crippen molar-refractivity contribution in [2.75, 3.05) is 0 Å². The number of rotatable bonds is 6. The number of carboxylic acid groups (broad SMARTS) is 2. The van der Waals surface area contributed by atoms with Crippen LogP contribution in [0, 0.1) is 0 Å². The lowest BCUT2D eigenvalue weighted by Crippen LogP contribution is -2.05. The van der Waals surface area contributed by atoms with Crippen molar-refractivity contribution in [2.45, 2.75) is 24.3 Å². The van der Waals surface area contributed by atoms with Crippen molar-refractivity contribution < 1.29 is 24.2 Å². The van der Waals surface area contributed by atoms with Crippen LogP contribution >= 0.6 is 11.8 Å². The predicted octanol–water partition coefficient (Wildman–Crippen LogP) is 2.07. The summed E-state index contributed by atoms with van der Waals surface area (Å²) in [5.74, 6) is -1.02. The number of hydrogen-bond donors (Lipinski definition) is 2. The molecule has 0 radical (unpaired) electrons. The zero-order valence-corrected chi connectivity index (χ0v) is 9.49. The average Bonchev–Trinajstić information content (AvgIpc) is 2.61. The topological polar surface area (TPSA) is 87.7 Å². The maximum Gasteiger partial charge on any atom is 0.371 e. The van der Waals surface area contributed by atoms with E-state index >= 15 is 0 Å². The van der Waals surface area contributed by atoms with Crippen molar-refractivity contribution in [1.82, 2.24) is 0 Å². The molecule has 1 heterocycles. The van der Waals surface area contributed by atoms with Crippen LogP contribution in [0.25, 0.3) is 0 Å². The van der Waals surface area contributed by atoms with E-state index in [1.165, 1.54) is 17.8 Å². The van der Waals surface area contributed by atoms with Crippen molar-refractivity contribution >= 4 is 23.7 Å². The summed E-state index contributed by atoms with van der Waals surface area (Å²) in [5, 5.41) is 17.1. The molecule has 1 atom stereocenters. The van der Waals surface area contributed by atoms with E-state index in [0.29, 0.717) is 11.5 Å². The molecule has 16 heavy (non-hydrogen) atoms. The summed E-state index contributed by atoms with van der Waals surface area (Å²) < 4.78 is 5.03. The molecule has 1 unspecified atom stereocenters. The van der Waals surface area contributed by atoms with Gasteiger partial charge in [-0.05, 0) is 12.1 Å². The summed E-state index contributed by atoms with van der Waals surface area (Å²) in [6.07, 6.45) is 0.0805. The first-order chi connectivity index (χ1) is 7.49. The molecule has 0 aromatic carbocycles. The average molecular weight is 244 g/mol. The van der Waals surface area contributed by atoms with Crippen LogP contribution in [0.2, 0.25) is 0 Å². The van der Waals surface area contributed by atoms with E-state index in [9.17, 15) is 9.59 Å². The summed E-state index contributed by atoms with van der Waals surface area (Å²) in [7, 11) is 0. The largest absolute Gasteiger partial charge is 0.481 e. The van der Waals surface area contributed by atoms with Crippen LogP contribution in [0.1, 0.15) is 29.7 Å².